The van der Waals surface area contributed by atoms with Crippen LogP contribution in [0.2, 0.25) is 0 Å². The van der Waals surface area contributed by atoms with E-state index < -0.39 is 10.1 Å². The van der Waals surface area contributed by atoms with E-state index >= 15 is 0 Å². The second-order valence-corrected chi connectivity index (χ2v) is 7.33. The highest BCUT2D eigenvalue weighted by molar-refractivity contribution is 9.10. The molecule has 0 bridgehead atoms. The molecule has 0 N–H and O–H groups in total. The van der Waals surface area contributed by atoms with Gasteiger partial charge < -0.3 is 8.92 Å². The fourth-order valence-corrected chi connectivity index (χ4v) is 3.47. The van der Waals surface area contributed by atoms with Gasteiger partial charge in [0.05, 0.1) is 7.11 Å². The Morgan fingerprint density at radius 1 is 0.826 bits per heavy atom. The van der Waals surface area contributed by atoms with E-state index in [1.165, 1.54) is 19.2 Å². The van der Waals surface area contributed by atoms with Crippen LogP contribution in [0.25, 0.3) is 10.8 Å². The van der Waals surface area contributed by atoms with Gasteiger partial charge in [-0.2, -0.15) is 8.42 Å². The van der Waals surface area contributed by atoms with Gasteiger partial charge in [0, 0.05) is 4.47 Å². The molecule has 0 amide bonds. The first-order chi connectivity index (χ1) is 11.0. The van der Waals surface area contributed by atoms with Crippen molar-refractivity contribution < 1.29 is 17.3 Å². The third-order valence-corrected chi connectivity index (χ3v) is 5.08. The molecule has 0 aromatic heterocycles. The Bertz CT molecular complexity index is 950. The summed E-state index contributed by atoms with van der Waals surface area (Å²) in [5, 5.41) is 1.89. The average Bonchev–Trinajstić information content (AvgIpc) is 2.55. The lowest BCUT2D eigenvalue weighted by Crippen LogP contribution is -2.09. The monoisotopic (exact) mass is 392 g/mol. The minimum absolute atomic E-state index is 0.0780. The SMILES string of the molecule is COc1ccc(S(=O)(=O)Oc2ccc3cc(Br)ccc3c2)cc1. The Kier molecular flexibility index (Phi) is 4.28. The van der Waals surface area contributed by atoms with Crippen LogP contribution in [-0.2, 0) is 10.1 Å². The third kappa shape index (κ3) is 3.48. The number of fused-ring (bicyclic) bond motifs is 1. The van der Waals surface area contributed by atoms with E-state index in [0.29, 0.717) is 5.75 Å². The number of benzene rings is 3. The molecular weight excluding hydrogens is 380 g/mol. The first kappa shape index (κ1) is 15.8. The number of hydrogen-bond acceptors (Lipinski definition) is 4. The maximum Gasteiger partial charge on any atom is 0.339 e. The second-order valence-electron chi connectivity index (χ2n) is 4.87. The molecule has 0 fully saturated rings. The van der Waals surface area contributed by atoms with Crippen LogP contribution in [0, 0.1) is 0 Å². The van der Waals surface area contributed by atoms with Crippen molar-refractivity contribution in [1.82, 2.24) is 0 Å². The highest BCUT2D eigenvalue weighted by atomic mass is 79.9. The van der Waals surface area contributed by atoms with Gasteiger partial charge in [0.1, 0.15) is 16.4 Å². The number of methoxy groups -OCH3 is 1. The Morgan fingerprint density at radius 2 is 1.43 bits per heavy atom. The molecule has 118 valence electrons. The van der Waals surface area contributed by atoms with E-state index in [1.54, 1.807) is 24.3 Å². The van der Waals surface area contributed by atoms with Crippen molar-refractivity contribution in [2.24, 2.45) is 0 Å². The van der Waals surface area contributed by atoms with Crippen LogP contribution in [0.1, 0.15) is 0 Å². The molecule has 23 heavy (non-hydrogen) atoms. The number of rotatable bonds is 4. The number of ether oxygens (including phenoxy) is 1. The zero-order valence-corrected chi connectivity index (χ0v) is 14.6. The van der Waals surface area contributed by atoms with Gasteiger partial charge in [-0.25, -0.2) is 0 Å². The summed E-state index contributed by atoms with van der Waals surface area (Å²) in [6.45, 7) is 0. The predicted octanol–water partition coefficient (Wildman–Crippen LogP) is 4.38. The summed E-state index contributed by atoms with van der Waals surface area (Å²) in [6, 6.07) is 17.0. The topological polar surface area (TPSA) is 52.6 Å². The molecule has 4 nitrogen and oxygen atoms in total. The van der Waals surface area contributed by atoms with Crippen LogP contribution < -0.4 is 8.92 Å². The highest BCUT2D eigenvalue weighted by Gasteiger charge is 2.16. The Hall–Kier alpha value is -2.05. The normalized spacial score (nSPS) is 11.4. The van der Waals surface area contributed by atoms with Crippen molar-refractivity contribution in [1.29, 1.82) is 0 Å². The molecule has 0 radical (unpaired) electrons. The van der Waals surface area contributed by atoms with Crippen molar-refractivity contribution >= 4 is 36.8 Å². The molecule has 0 spiro atoms. The van der Waals surface area contributed by atoms with E-state index in [-0.39, 0.29) is 10.6 Å². The molecule has 0 saturated heterocycles. The Labute approximate surface area is 142 Å². The molecule has 0 heterocycles. The smallest absolute Gasteiger partial charge is 0.339 e. The van der Waals surface area contributed by atoms with Crippen LogP contribution in [0.4, 0.5) is 0 Å². The summed E-state index contributed by atoms with van der Waals surface area (Å²) in [4.78, 5) is 0.0780. The van der Waals surface area contributed by atoms with Crippen molar-refractivity contribution in [3.63, 3.8) is 0 Å². The van der Waals surface area contributed by atoms with Gasteiger partial charge >= 0.3 is 10.1 Å². The third-order valence-electron chi connectivity index (χ3n) is 3.33. The van der Waals surface area contributed by atoms with Crippen molar-refractivity contribution in [3.05, 3.63) is 65.1 Å². The van der Waals surface area contributed by atoms with E-state index in [4.69, 9.17) is 8.92 Å². The van der Waals surface area contributed by atoms with Crippen LogP contribution >= 0.6 is 15.9 Å². The maximum atomic E-state index is 12.3. The molecule has 0 unspecified atom stereocenters. The summed E-state index contributed by atoms with van der Waals surface area (Å²) < 4.78 is 35.8. The van der Waals surface area contributed by atoms with Gasteiger partial charge in [0.2, 0.25) is 0 Å². The fraction of sp³-hybridized carbons (Fsp3) is 0.0588. The van der Waals surface area contributed by atoms with Gasteiger partial charge in [-0.05, 0) is 59.3 Å². The molecule has 3 aromatic rings. The Balaban J connectivity index is 1.91. The summed E-state index contributed by atoms with van der Waals surface area (Å²) >= 11 is 3.40. The predicted molar refractivity (Wildman–Crippen MR) is 92.5 cm³/mol. The average molecular weight is 393 g/mol. The van der Waals surface area contributed by atoms with E-state index in [2.05, 4.69) is 15.9 Å². The quantitative estimate of drug-likeness (QED) is 0.618. The van der Waals surface area contributed by atoms with E-state index in [1.807, 2.05) is 24.3 Å². The second kappa shape index (κ2) is 6.22. The van der Waals surface area contributed by atoms with Gasteiger partial charge in [-0.15, -0.1) is 0 Å². The maximum absolute atomic E-state index is 12.3. The van der Waals surface area contributed by atoms with Gasteiger partial charge in [-0.1, -0.05) is 28.1 Å². The van der Waals surface area contributed by atoms with Crippen LogP contribution in [-0.4, -0.2) is 15.5 Å². The van der Waals surface area contributed by atoms with Gasteiger partial charge in [0.25, 0.3) is 0 Å². The van der Waals surface area contributed by atoms with Gasteiger partial charge in [0.15, 0.2) is 0 Å². The summed E-state index contributed by atoms with van der Waals surface area (Å²) in [7, 11) is -2.36. The molecule has 0 aliphatic heterocycles. The molecule has 3 rings (SSSR count). The fourth-order valence-electron chi connectivity index (χ4n) is 2.16. The zero-order chi connectivity index (χ0) is 16.4. The standard InChI is InChI=1S/C17H13BrO4S/c1-21-15-6-8-17(9-7-15)23(19,20)22-16-5-3-12-10-14(18)4-2-13(12)11-16/h2-11H,1H3. The van der Waals surface area contributed by atoms with Crippen molar-refractivity contribution in [2.75, 3.05) is 7.11 Å². The van der Waals surface area contributed by atoms with E-state index in [0.717, 1.165) is 15.2 Å². The molecule has 3 aromatic carbocycles. The minimum Gasteiger partial charge on any atom is -0.497 e. The van der Waals surface area contributed by atoms with Crippen LogP contribution in [0.5, 0.6) is 11.5 Å². The lowest BCUT2D eigenvalue weighted by molar-refractivity contribution is 0.414. The first-order valence-corrected chi connectivity index (χ1v) is 8.96. The largest absolute Gasteiger partial charge is 0.497 e. The highest BCUT2D eigenvalue weighted by Crippen LogP contribution is 2.26. The molecule has 0 saturated carbocycles. The zero-order valence-electron chi connectivity index (χ0n) is 12.2. The molecule has 0 atom stereocenters. The lowest BCUT2D eigenvalue weighted by Gasteiger charge is -2.09. The van der Waals surface area contributed by atoms with Crippen molar-refractivity contribution in [2.45, 2.75) is 4.90 Å². The number of hydrogen-bond donors (Lipinski definition) is 0. The lowest BCUT2D eigenvalue weighted by atomic mass is 10.1. The minimum atomic E-state index is -3.88. The van der Waals surface area contributed by atoms with Crippen LogP contribution in [0.3, 0.4) is 0 Å². The molecule has 0 aliphatic carbocycles. The Morgan fingerprint density at radius 3 is 2.13 bits per heavy atom. The number of halogens is 1. The van der Waals surface area contributed by atoms with Crippen LogP contribution in [0.15, 0.2) is 70.0 Å². The molecular formula is C17H13BrO4S. The first-order valence-electron chi connectivity index (χ1n) is 6.76. The van der Waals surface area contributed by atoms with Gasteiger partial charge in [-0.3, -0.25) is 0 Å². The summed E-state index contributed by atoms with van der Waals surface area (Å²) in [6.07, 6.45) is 0. The summed E-state index contributed by atoms with van der Waals surface area (Å²) in [5.74, 6) is 0.857. The summed E-state index contributed by atoms with van der Waals surface area (Å²) in [5.41, 5.74) is 0. The van der Waals surface area contributed by atoms with E-state index in [9.17, 15) is 8.42 Å². The van der Waals surface area contributed by atoms with Crippen molar-refractivity contribution in [3.8, 4) is 11.5 Å². The molecule has 0 aliphatic rings. The molecule has 6 heteroatoms.